The van der Waals surface area contributed by atoms with E-state index in [0.29, 0.717) is 22.7 Å². The van der Waals surface area contributed by atoms with E-state index in [-0.39, 0.29) is 16.7 Å². The van der Waals surface area contributed by atoms with Gasteiger partial charge in [0, 0.05) is 23.4 Å². The van der Waals surface area contributed by atoms with Crippen LogP contribution in [-0.4, -0.2) is 60.7 Å². The Morgan fingerprint density at radius 1 is 1.34 bits per heavy atom. The molecule has 0 radical (unpaired) electrons. The quantitative estimate of drug-likeness (QED) is 0.344. The molecule has 10 nitrogen and oxygen atoms in total. The van der Waals surface area contributed by atoms with Crippen molar-refractivity contribution in [3.05, 3.63) is 23.0 Å². The number of ether oxygens (including phenoxy) is 3. The first-order chi connectivity index (χ1) is 16.6. The highest BCUT2D eigenvalue weighted by Gasteiger charge is 2.56. The maximum Gasteiger partial charge on any atom is 0.335 e. The lowest BCUT2D eigenvalue weighted by Gasteiger charge is -2.25. The van der Waals surface area contributed by atoms with Crippen LogP contribution in [0.5, 0.6) is 0 Å². The number of halogens is 1. The number of nitrogens with one attached hydrogen (secondary N) is 1. The summed E-state index contributed by atoms with van der Waals surface area (Å²) >= 11 is 7.59. The van der Waals surface area contributed by atoms with Crippen LogP contribution in [-0.2, 0) is 18.8 Å². The molecule has 0 aromatic carbocycles. The van der Waals surface area contributed by atoms with Gasteiger partial charge in [-0.05, 0) is 32.8 Å². The zero-order valence-electron chi connectivity index (χ0n) is 19.4. The lowest BCUT2D eigenvalue weighted by molar-refractivity contribution is -0.193. The predicted molar refractivity (Wildman–Crippen MR) is 132 cm³/mol. The smallest absolute Gasteiger partial charge is 0.335 e. The average Bonchev–Trinajstić information content (AvgIpc) is 3.52. The van der Waals surface area contributed by atoms with Gasteiger partial charge in [-0.1, -0.05) is 24.4 Å². The second-order valence-corrected chi connectivity index (χ2v) is 13.1. The summed E-state index contributed by atoms with van der Waals surface area (Å²) in [6.45, 7) is 3.65. The molecule has 2 aromatic heterocycles. The molecule has 0 bridgehead atoms. The largest absolute Gasteiger partial charge is 0.381 e. The third kappa shape index (κ3) is 5.09. The van der Waals surface area contributed by atoms with E-state index in [1.165, 1.54) is 0 Å². The van der Waals surface area contributed by atoms with Crippen LogP contribution in [0.2, 0.25) is 5.15 Å². The van der Waals surface area contributed by atoms with Crippen LogP contribution in [0.25, 0.3) is 11.0 Å². The highest BCUT2D eigenvalue weighted by Crippen LogP contribution is 2.47. The fourth-order valence-electron chi connectivity index (χ4n) is 5.18. The highest BCUT2D eigenvalue weighted by atomic mass is 35.5. The Balaban J connectivity index is 1.48. The summed E-state index contributed by atoms with van der Waals surface area (Å²) in [6.07, 6.45) is 4.32. The Kier molecular flexibility index (Phi) is 6.87. The minimum absolute atomic E-state index is 0.118. The first-order valence-electron chi connectivity index (χ1n) is 11.6. The molecule has 2 aliphatic heterocycles. The maximum absolute atomic E-state index is 11.3. The molecule has 2 aromatic rings. The van der Waals surface area contributed by atoms with Crippen molar-refractivity contribution in [1.29, 1.82) is 5.26 Å². The van der Waals surface area contributed by atoms with Crippen molar-refractivity contribution >= 4 is 47.7 Å². The molecule has 1 saturated carbocycles. The van der Waals surface area contributed by atoms with Crippen molar-refractivity contribution in [3.8, 4) is 6.07 Å². The first kappa shape index (κ1) is 25.3. The van der Waals surface area contributed by atoms with Gasteiger partial charge in [0.2, 0.25) is 0 Å². The summed E-state index contributed by atoms with van der Waals surface area (Å²) < 4.78 is 31.8. The van der Waals surface area contributed by atoms with E-state index in [9.17, 15) is 19.6 Å². The summed E-state index contributed by atoms with van der Waals surface area (Å²) in [5.74, 6) is -0.497. The van der Waals surface area contributed by atoms with Crippen molar-refractivity contribution in [2.75, 3.05) is 16.6 Å². The lowest BCUT2D eigenvalue weighted by atomic mass is 10.1. The van der Waals surface area contributed by atoms with Gasteiger partial charge >= 0.3 is 7.60 Å². The van der Waals surface area contributed by atoms with Crippen molar-refractivity contribution < 1.29 is 28.6 Å². The van der Waals surface area contributed by atoms with Gasteiger partial charge in [-0.2, -0.15) is 5.26 Å². The van der Waals surface area contributed by atoms with Crippen LogP contribution >= 0.6 is 31.0 Å². The van der Waals surface area contributed by atoms with Crippen LogP contribution in [0.3, 0.4) is 0 Å². The minimum Gasteiger partial charge on any atom is -0.381 e. The second-order valence-electron chi connectivity index (χ2n) is 9.64. The number of thioether (sulfide) groups is 1. The number of fused-ring (bicyclic) bond motifs is 2. The normalized spacial score (nSPS) is 28.5. The van der Waals surface area contributed by atoms with Crippen LogP contribution < -0.4 is 5.32 Å². The SMILES string of the molecule is CC1(C)O[C@@H]2[C@H](O1)[C@@H](CSCP(=O)(O)O)O[C@H]2n1ccc2c(NC3CCCC3)c(C#N)c(Cl)nc21. The van der Waals surface area contributed by atoms with E-state index in [1.807, 2.05) is 30.7 Å². The summed E-state index contributed by atoms with van der Waals surface area (Å²) in [4.78, 5) is 23.0. The summed E-state index contributed by atoms with van der Waals surface area (Å²) in [7, 11) is -4.13. The van der Waals surface area contributed by atoms with Crippen LogP contribution in [0.4, 0.5) is 5.69 Å². The van der Waals surface area contributed by atoms with E-state index in [4.69, 9.17) is 25.8 Å². The predicted octanol–water partition coefficient (Wildman–Crippen LogP) is 4.20. The van der Waals surface area contributed by atoms with Gasteiger partial charge in [0.05, 0.1) is 17.3 Å². The fourth-order valence-corrected chi connectivity index (χ4v) is 7.27. The molecule has 35 heavy (non-hydrogen) atoms. The molecule has 4 heterocycles. The number of pyridine rings is 1. The van der Waals surface area contributed by atoms with Gasteiger partial charge in [-0.15, -0.1) is 11.8 Å². The molecule has 3 aliphatic rings. The van der Waals surface area contributed by atoms with Gasteiger partial charge in [-0.3, -0.25) is 4.57 Å². The summed E-state index contributed by atoms with van der Waals surface area (Å²) in [6, 6.07) is 4.36. The van der Waals surface area contributed by atoms with E-state index < -0.39 is 37.9 Å². The number of anilines is 1. The molecule has 2 saturated heterocycles. The monoisotopic (exact) mass is 542 g/mol. The molecular formula is C22H28ClN4O6PS. The standard InChI is InChI=1S/C22H28ClN4O6PS/c1-22(2)32-17-15(10-35-11-34(28,29)30)31-21(18(17)33-22)27-8-7-13-16(25-12-5-3-4-6-12)14(9-24)19(23)26-20(13)27/h7-8,12,15,17-18,21H,3-6,10-11H2,1-2H3,(H,25,26)(H2,28,29,30)/t15-,17-,18-,21-/m1/s1. The van der Waals surface area contributed by atoms with Crippen molar-refractivity contribution in [1.82, 2.24) is 9.55 Å². The topological polar surface area (TPSA) is 139 Å². The Morgan fingerprint density at radius 3 is 2.74 bits per heavy atom. The number of rotatable bonds is 7. The van der Waals surface area contributed by atoms with Gasteiger partial charge in [-0.25, -0.2) is 4.98 Å². The third-order valence-corrected chi connectivity index (χ3v) is 9.49. The molecule has 0 unspecified atom stereocenters. The average molecular weight is 543 g/mol. The van der Waals surface area contributed by atoms with Crippen LogP contribution in [0, 0.1) is 11.3 Å². The first-order valence-corrected chi connectivity index (χ1v) is 14.9. The lowest BCUT2D eigenvalue weighted by Crippen LogP contribution is -2.31. The van der Waals surface area contributed by atoms with E-state index >= 15 is 0 Å². The van der Waals surface area contributed by atoms with Gasteiger partial charge in [0.15, 0.2) is 17.2 Å². The number of nitriles is 1. The second kappa shape index (κ2) is 9.51. The number of aromatic nitrogens is 2. The van der Waals surface area contributed by atoms with Gasteiger partial charge in [0.1, 0.15) is 29.5 Å². The van der Waals surface area contributed by atoms with Crippen LogP contribution in [0.1, 0.15) is 51.3 Å². The van der Waals surface area contributed by atoms with Crippen LogP contribution in [0.15, 0.2) is 12.3 Å². The Morgan fingerprint density at radius 2 is 2.06 bits per heavy atom. The molecule has 0 spiro atoms. The Bertz CT molecular complexity index is 1210. The molecule has 1 aliphatic carbocycles. The van der Waals surface area contributed by atoms with Gasteiger partial charge < -0.3 is 33.9 Å². The minimum atomic E-state index is -4.13. The molecule has 4 atom stereocenters. The zero-order valence-corrected chi connectivity index (χ0v) is 21.9. The third-order valence-electron chi connectivity index (χ3n) is 6.57. The molecule has 13 heteroatoms. The van der Waals surface area contributed by atoms with E-state index in [0.717, 1.165) is 42.8 Å². The van der Waals surface area contributed by atoms with Crippen molar-refractivity contribution in [2.24, 2.45) is 0 Å². The van der Waals surface area contributed by atoms with E-state index in [2.05, 4.69) is 16.4 Å². The molecule has 3 fully saturated rings. The van der Waals surface area contributed by atoms with Crippen molar-refractivity contribution in [2.45, 2.75) is 75.9 Å². The Hall–Kier alpha value is -1.35. The molecule has 5 rings (SSSR count). The fraction of sp³-hybridized carbons (Fsp3) is 0.636. The zero-order chi connectivity index (χ0) is 25.0. The summed E-state index contributed by atoms with van der Waals surface area (Å²) in [5, 5.41) is 14.2. The summed E-state index contributed by atoms with van der Waals surface area (Å²) in [5.41, 5.74) is 1.27. The number of hydrogen-bond donors (Lipinski definition) is 3. The van der Waals surface area contributed by atoms with Gasteiger partial charge in [0.25, 0.3) is 0 Å². The number of nitrogens with zero attached hydrogens (tertiary/aromatic N) is 3. The van der Waals surface area contributed by atoms with Crippen molar-refractivity contribution in [3.63, 3.8) is 0 Å². The molecule has 3 N–H and O–H groups in total. The Labute approximate surface area is 212 Å². The molecule has 0 amide bonds. The molecular weight excluding hydrogens is 515 g/mol. The molecule has 190 valence electrons. The maximum atomic E-state index is 11.3. The number of hydrogen-bond acceptors (Lipinski definition) is 8. The highest BCUT2D eigenvalue weighted by molar-refractivity contribution is 8.04. The van der Waals surface area contributed by atoms with E-state index in [1.54, 1.807) is 0 Å².